The van der Waals surface area contributed by atoms with Crippen LogP contribution in [0.25, 0.3) is 10.8 Å². The van der Waals surface area contributed by atoms with Crippen molar-refractivity contribution in [2.45, 2.75) is 5.88 Å². The van der Waals surface area contributed by atoms with Crippen LogP contribution < -0.4 is 0 Å². The summed E-state index contributed by atoms with van der Waals surface area (Å²) in [4.78, 5) is 0. The van der Waals surface area contributed by atoms with Crippen LogP contribution in [0.5, 0.6) is 0 Å². The molecule has 0 amide bonds. The predicted octanol–water partition coefficient (Wildman–Crippen LogP) is 4.98. The van der Waals surface area contributed by atoms with E-state index >= 15 is 0 Å². The quantitative estimate of drug-likeness (QED) is 0.435. The summed E-state index contributed by atoms with van der Waals surface area (Å²) in [6, 6.07) is 24.6. The minimum Gasteiger partial charge on any atom is -0.168 e. The van der Waals surface area contributed by atoms with Crippen molar-refractivity contribution >= 4 is 22.4 Å². The maximum Gasteiger partial charge on any atom is 0.0474 e. The van der Waals surface area contributed by atoms with Crippen LogP contribution in [0.4, 0.5) is 0 Å². The molecule has 0 aromatic heterocycles. The van der Waals surface area contributed by atoms with Crippen molar-refractivity contribution in [1.29, 1.82) is 0 Å². The third-order valence-electron chi connectivity index (χ3n) is 2.54. The molecule has 0 aliphatic carbocycles. The molecular weight excluding hydrogens is 319 g/mol. The summed E-state index contributed by atoms with van der Waals surface area (Å²) in [5, 5.41) is 2.66. The third-order valence-corrected chi connectivity index (χ3v) is 2.85. The van der Waals surface area contributed by atoms with E-state index in [4.69, 9.17) is 11.6 Å². The first-order valence-electron chi connectivity index (χ1n) is 5.60. The average Bonchev–Trinajstić information content (AvgIpc) is 2.89. The number of benzene rings is 2. The maximum atomic E-state index is 5.53. The second-order valence-electron chi connectivity index (χ2n) is 3.77. The first kappa shape index (κ1) is 15.3. The van der Waals surface area contributed by atoms with Crippen LogP contribution in [-0.2, 0) is 32.1 Å². The number of fused-ring (bicyclic) bond motifs is 1. The average molecular weight is 333 g/mol. The Morgan fingerprint density at radius 3 is 2.11 bits per heavy atom. The van der Waals surface area contributed by atoms with Gasteiger partial charge in [-0.2, -0.15) is 17.5 Å². The van der Waals surface area contributed by atoms with Gasteiger partial charge in [0, 0.05) is 32.1 Å². The number of hydrogen-bond donors (Lipinski definition) is 0. The normalized spacial score (nSPS) is 9.17. The molecule has 90 valence electrons. The van der Waals surface area contributed by atoms with Gasteiger partial charge in [0.05, 0.1) is 0 Å². The first-order chi connectivity index (χ1) is 8.40. The van der Waals surface area contributed by atoms with Crippen molar-refractivity contribution in [2.75, 3.05) is 0 Å². The summed E-state index contributed by atoms with van der Waals surface area (Å²) in [6.45, 7) is 0. The molecule has 0 saturated heterocycles. The van der Waals surface area contributed by atoms with E-state index in [1.807, 2.05) is 30.3 Å². The van der Waals surface area contributed by atoms with Gasteiger partial charge in [-0.15, -0.1) is 41.3 Å². The molecule has 0 unspecified atom stereocenters. The summed E-state index contributed by atoms with van der Waals surface area (Å²) in [6.07, 6.45) is 0. The van der Waals surface area contributed by atoms with Crippen LogP contribution in [0.3, 0.4) is 0 Å². The molecule has 0 spiro atoms. The molecule has 3 rings (SSSR count). The third kappa shape index (κ3) is 4.48. The zero-order chi connectivity index (χ0) is 11.9. The molecule has 0 fully saturated rings. The zero-order valence-electron chi connectivity index (χ0n) is 10.0. The molecule has 0 saturated carbocycles. The summed E-state index contributed by atoms with van der Waals surface area (Å²) < 4.78 is 0. The van der Waals surface area contributed by atoms with Gasteiger partial charge in [0.1, 0.15) is 0 Å². The van der Waals surface area contributed by atoms with Gasteiger partial charge in [0.25, 0.3) is 0 Å². The Kier molecular flexibility index (Phi) is 7.09. The van der Waals surface area contributed by atoms with Crippen LogP contribution in [0, 0.1) is 0 Å². The van der Waals surface area contributed by atoms with Gasteiger partial charge in [-0.05, 0) is 5.56 Å². The van der Waals surface area contributed by atoms with E-state index < -0.39 is 0 Å². The van der Waals surface area contributed by atoms with E-state index in [-0.39, 0.29) is 26.2 Å². The van der Waals surface area contributed by atoms with Gasteiger partial charge in [0.15, 0.2) is 0 Å². The van der Waals surface area contributed by atoms with Crippen LogP contribution in [-0.4, -0.2) is 0 Å². The summed E-state index contributed by atoms with van der Waals surface area (Å²) >= 11 is 5.53. The monoisotopic (exact) mass is 331 g/mol. The van der Waals surface area contributed by atoms with Crippen molar-refractivity contribution in [2.24, 2.45) is 0 Å². The molecule has 0 aliphatic heterocycles. The molecular formula is C16H14ClZr-. The summed E-state index contributed by atoms with van der Waals surface area (Å²) in [5.41, 5.74) is 1.18. The minimum atomic E-state index is 0. The fourth-order valence-corrected chi connectivity index (χ4v) is 1.82. The van der Waals surface area contributed by atoms with Crippen molar-refractivity contribution in [1.82, 2.24) is 0 Å². The van der Waals surface area contributed by atoms with Crippen molar-refractivity contribution < 1.29 is 26.2 Å². The largest absolute Gasteiger partial charge is 0.168 e. The van der Waals surface area contributed by atoms with E-state index in [0.717, 1.165) is 0 Å². The summed E-state index contributed by atoms with van der Waals surface area (Å²) in [7, 11) is 0. The molecule has 0 radical (unpaired) electrons. The van der Waals surface area contributed by atoms with Gasteiger partial charge in [0.2, 0.25) is 0 Å². The molecule has 18 heavy (non-hydrogen) atoms. The van der Waals surface area contributed by atoms with Crippen molar-refractivity contribution in [3.05, 3.63) is 78.4 Å². The fourth-order valence-electron chi connectivity index (χ4n) is 1.64. The van der Waals surface area contributed by atoms with Crippen molar-refractivity contribution in [3.8, 4) is 0 Å². The first-order valence-corrected chi connectivity index (χ1v) is 6.14. The van der Waals surface area contributed by atoms with E-state index in [0.29, 0.717) is 5.88 Å². The van der Waals surface area contributed by atoms with Gasteiger partial charge in [-0.25, -0.2) is 0 Å². The number of halogens is 1. The fraction of sp³-hybridized carbons (Fsp3) is 0.0625. The Morgan fingerprint density at radius 1 is 0.833 bits per heavy atom. The van der Waals surface area contributed by atoms with Crippen LogP contribution in [0.15, 0.2) is 72.8 Å². The van der Waals surface area contributed by atoms with E-state index in [1.165, 1.54) is 16.3 Å². The van der Waals surface area contributed by atoms with Crippen molar-refractivity contribution in [3.63, 3.8) is 0 Å². The standard InChI is InChI=1S/C9H7.C7H7Cl.Zr/c1-2-5-9-7-3-6-8(9)4-1;8-6-7-4-2-1-3-5-7;/h1-7H;1-5H,6H2;/q-1;;. The Bertz CT molecular complexity index is 527. The number of alkyl halides is 1. The molecule has 3 aromatic rings. The molecule has 0 bridgehead atoms. The van der Waals surface area contributed by atoms with Gasteiger partial charge < -0.3 is 0 Å². The van der Waals surface area contributed by atoms with Gasteiger partial charge >= 0.3 is 0 Å². The Hall–Kier alpha value is -0.777. The van der Waals surface area contributed by atoms with Crippen LogP contribution >= 0.6 is 11.6 Å². The SMILES string of the molecule is ClCc1ccccc1.[Zr].c1ccc2[cH-]ccc2c1. The molecule has 3 aromatic carbocycles. The molecule has 0 atom stereocenters. The van der Waals surface area contributed by atoms with Crippen LogP contribution in [0.2, 0.25) is 0 Å². The molecule has 0 aliphatic rings. The number of rotatable bonds is 1. The van der Waals surface area contributed by atoms with E-state index in [9.17, 15) is 0 Å². The topological polar surface area (TPSA) is 0 Å². The Labute approximate surface area is 132 Å². The number of hydrogen-bond acceptors (Lipinski definition) is 0. The van der Waals surface area contributed by atoms with Gasteiger partial charge in [-0.3, -0.25) is 0 Å². The zero-order valence-corrected chi connectivity index (χ0v) is 13.2. The van der Waals surface area contributed by atoms with E-state index in [1.54, 1.807) is 0 Å². The molecule has 0 heterocycles. The molecule has 0 nitrogen and oxygen atoms in total. The van der Waals surface area contributed by atoms with E-state index in [2.05, 4.69) is 42.5 Å². The predicted molar refractivity (Wildman–Crippen MR) is 75.5 cm³/mol. The maximum absolute atomic E-state index is 5.53. The second kappa shape index (κ2) is 8.35. The smallest absolute Gasteiger partial charge is 0.0474 e. The summed E-state index contributed by atoms with van der Waals surface area (Å²) in [5.74, 6) is 0.612. The second-order valence-corrected chi connectivity index (χ2v) is 4.04. The Morgan fingerprint density at radius 2 is 1.50 bits per heavy atom. The molecule has 0 N–H and O–H groups in total. The molecule has 2 heteroatoms. The minimum absolute atomic E-state index is 0. The van der Waals surface area contributed by atoms with Gasteiger partial charge in [-0.1, -0.05) is 36.4 Å². The van der Waals surface area contributed by atoms with Crippen LogP contribution in [0.1, 0.15) is 5.56 Å². The Balaban J connectivity index is 0.000000172.